The van der Waals surface area contributed by atoms with Gasteiger partial charge in [-0.3, -0.25) is 4.68 Å². The van der Waals surface area contributed by atoms with Gasteiger partial charge in [0.1, 0.15) is 17.7 Å². The van der Waals surface area contributed by atoms with Gasteiger partial charge in [-0.15, -0.1) is 0 Å². The van der Waals surface area contributed by atoms with Crippen LogP contribution in [0.1, 0.15) is 18.9 Å². The van der Waals surface area contributed by atoms with E-state index in [9.17, 15) is 4.39 Å². The van der Waals surface area contributed by atoms with Crippen molar-refractivity contribution in [3.8, 4) is 22.6 Å². The summed E-state index contributed by atoms with van der Waals surface area (Å²) in [4.78, 5) is 9.15. The van der Waals surface area contributed by atoms with E-state index in [1.165, 1.54) is 12.8 Å². The summed E-state index contributed by atoms with van der Waals surface area (Å²) in [5, 5.41) is 15.5. The van der Waals surface area contributed by atoms with E-state index >= 15 is 0 Å². The molecule has 0 unspecified atom stereocenters. The Bertz CT molecular complexity index is 1210. The molecule has 4 aromatic rings. The number of hydrogen-bond donors (Lipinski definition) is 2. The second kappa shape index (κ2) is 6.88. The molecule has 0 radical (unpaired) electrons. The molecule has 152 valence electrons. The first-order valence-corrected chi connectivity index (χ1v) is 10.2. The molecule has 1 saturated carbocycles. The van der Waals surface area contributed by atoms with Crippen molar-refractivity contribution >= 4 is 11.5 Å². The Hall–Kier alpha value is -3.33. The topological polar surface area (TPSA) is 85.0 Å². The first-order chi connectivity index (χ1) is 14.7. The molecule has 1 aliphatic heterocycles. The van der Waals surface area contributed by atoms with Crippen molar-refractivity contribution in [2.24, 2.45) is 0 Å². The van der Waals surface area contributed by atoms with E-state index in [-0.39, 0.29) is 6.04 Å². The van der Waals surface area contributed by atoms with Crippen LogP contribution in [0.25, 0.3) is 28.3 Å². The van der Waals surface area contributed by atoms with Gasteiger partial charge in [-0.25, -0.2) is 18.9 Å². The Labute approximate surface area is 172 Å². The number of hydrogen-bond acceptors (Lipinski definition) is 6. The Balaban J connectivity index is 1.34. The lowest BCUT2D eigenvalue weighted by molar-refractivity contribution is 0.342. The van der Waals surface area contributed by atoms with Gasteiger partial charge in [-0.05, 0) is 37.1 Å². The lowest BCUT2D eigenvalue weighted by Gasteiger charge is -2.15. The van der Waals surface area contributed by atoms with E-state index in [4.69, 9.17) is 5.10 Å². The van der Waals surface area contributed by atoms with E-state index in [1.54, 1.807) is 10.7 Å². The third-order valence-electron chi connectivity index (χ3n) is 5.67. The van der Waals surface area contributed by atoms with E-state index in [2.05, 4.69) is 25.7 Å². The molecular weight excluding hydrogens is 383 g/mol. The average Bonchev–Trinajstić information content (AvgIpc) is 3.16. The minimum absolute atomic E-state index is 0.275. The van der Waals surface area contributed by atoms with Crippen LogP contribution in [0.5, 0.6) is 0 Å². The predicted molar refractivity (Wildman–Crippen MR) is 111 cm³/mol. The zero-order chi connectivity index (χ0) is 20.1. The van der Waals surface area contributed by atoms with Crippen molar-refractivity contribution in [1.82, 2.24) is 34.7 Å². The SMILES string of the molecule is F[C@H]1CNC[C@@H]1Nc1cccc(-c2cnc3ccc(-c4cnn(C5CC5)c4)nn23)n1. The largest absolute Gasteiger partial charge is 0.363 e. The fraction of sp³-hybridized carbons (Fsp3) is 0.333. The van der Waals surface area contributed by atoms with Gasteiger partial charge in [0.05, 0.1) is 35.9 Å². The van der Waals surface area contributed by atoms with Crippen LogP contribution in [0.4, 0.5) is 10.2 Å². The van der Waals surface area contributed by atoms with Crippen LogP contribution in [-0.4, -0.2) is 54.7 Å². The van der Waals surface area contributed by atoms with Crippen molar-refractivity contribution in [2.45, 2.75) is 31.1 Å². The standard InChI is InChI=1S/C21H21FN8/c22-15-9-23-10-18(15)27-20-3-1-2-17(26-20)19-11-24-21-7-6-16(28-30(19)21)13-8-25-29(12-13)14-4-5-14/h1-3,6-8,11-12,14-15,18,23H,4-5,9-10H2,(H,26,27)/t15-,18-/m0/s1. The molecule has 0 aromatic carbocycles. The summed E-state index contributed by atoms with van der Waals surface area (Å²) in [5.74, 6) is 0.640. The zero-order valence-corrected chi connectivity index (χ0v) is 16.2. The molecule has 1 aliphatic carbocycles. The minimum atomic E-state index is -0.924. The van der Waals surface area contributed by atoms with Gasteiger partial charge in [-0.1, -0.05) is 6.07 Å². The molecule has 30 heavy (non-hydrogen) atoms. The second-order valence-corrected chi connectivity index (χ2v) is 7.91. The monoisotopic (exact) mass is 404 g/mol. The number of aromatic nitrogens is 6. The number of imidazole rings is 1. The van der Waals surface area contributed by atoms with Gasteiger partial charge < -0.3 is 10.6 Å². The maximum Gasteiger partial charge on any atom is 0.154 e. The van der Waals surface area contributed by atoms with Gasteiger partial charge in [0.15, 0.2) is 5.65 Å². The number of pyridine rings is 1. The summed E-state index contributed by atoms with van der Waals surface area (Å²) in [6.45, 7) is 0.955. The van der Waals surface area contributed by atoms with Crippen molar-refractivity contribution in [3.05, 3.63) is 48.9 Å². The maximum absolute atomic E-state index is 13.9. The maximum atomic E-state index is 13.9. The van der Waals surface area contributed by atoms with Crippen LogP contribution < -0.4 is 10.6 Å². The van der Waals surface area contributed by atoms with Gasteiger partial charge in [-0.2, -0.15) is 10.2 Å². The molecule has 5 heterocycles. The lowest BCUT2D eigenvalue weighted by atomic mass is 10.2. The lowest BCUT2D eigenvalue weighted by Crippen LogP contribution is -2.29. The molecule has 2 fully saturated rings. The van der Waals surface area contributed by atoms with Crippen LogP contribution in [0.3, 0.4) is 0 Å². The average molecular weight is 404 g/mol. The van der Waals surface area contributed by atoms with E-state index in [0.717, 1.165) is 28.3 Å². The number of nitrogens with zero attached hydrogens (tertiary/aromatic N) is 6. The van der Waals surface area contributed by atoms with Crippen LogP contribution in [0.15, 0.2) is 48.9 Å². The first kappa shape index (κ1) is 17.5. The molecule has 1 saturated heterocycles. The molecule has 2 aliphatic rings. The molecule has 0 spiro atoms. The fourth-order valence-corrected chi connectivity index (χ4v) is 3.85. The minimum Gasteiger partial charge on any atom is -0.363 e. The van der Waals surface area contributed by atoms with E-state index in [1.807, 2.05) is 47.4 Å². The summed E-state index contributed by atoms with van der Waals surface area (Å²) in [5.41, 5.74) is 4.07. The van der Waals surface area contributed by atoms with Crippen LogP contribution >= 0.6 is 0 Å². The van der Waals surface area contributed by atoms with Crippen LogP contribution in [0.2, 0.25) is 0 Å². The Morgan fingerprint density at radius 3 is 2.83 bits per heavy atom. The molecule has 2 atom stereocenters. The fourth-order valence-electron chi connectivity index (χ4n) is 3.85. The van der Waals surface area contributed by atoms with Crippen molar-refractivity contribution in [1.29, 1.82) is 0 Å². The highest BCUT2D eigenvalue weighted by Crippen LogP contribution is 2.35. The number of nitrogens with one attached hydrogen (secondary N) is 2. The van der Waals surface area contributed by atoms with Crippen molar-refractivity contribution in [3.63, 3.8) is 0 Å². The number of alkyl halides is 1. The molecule has 9 heteroatoms. The quantitative estimate of drug-likeness (QED) is 0.532. The molecule has 2 N–H and O–H groups in total. The van der Waals surface area contributed by atoms with Gasteiger partial charge in [0.2, 0.25) is 0 Å². The summed E-state index contributed by atoms with van der Waals surface area (Å²) in [7, 11) is 0. The van der Waals surface area contributed by atoms with Gasteiger partial charge in [0, 0.05) is 24.8 Å². The summed E-state index contributed by atoms with van der Waals surface area (Å²) >= 11 is 0. The summed E-state index contributed by atoms with van der Waals surface area (Å²) < 4.78 is 17.7. The highest BCUT2D eigenvalue weighted by atomic mass is 19.1. The van der Waals surface area contributed by atoms with Crippen LogP contribution in [-0.2, 0) is 0 Å². The smallest absolute Gasteiger partial charge is 0.154 e. The number of anilines is 1. The predicted octanol–water partition coefficient (Wildman–Crippen LogP) is 2.71. The normalized spacial score (nSPS) is 21.4. The van der Waals surface area contributed by atoms with E-state index in [0.29, 0.717) is 24.9 Å². The molecule has 0 bridgehead atoms. The van der Waals surface area contributed by atoms with E-state index < -0.39 is 6.17 Å². The highest BCUT2D eigenvalue weighted by molar-refractivity contribution is 5.64. The summed E-state index contributed by atoms with van der Waals surface area (Å²) in [6, 6.07) is 9.83. The Kier molecular flexibility index (Phi) is 4.02. The highest BCUT2D eigenvalue weighted by Gasteiger charge is 2.27. The molecule has 6 rings (SSSR count). The Morgan fingerprint density at radius 2 is 2.00 bits per heavy atom. The van der Waals surface area contributed by atoms with Gasteiger partial charge in [0.25, 0.3) is 0 Å². The second-order valence-electron chi connectivity index (χ2n) is 7.91. The molecular formula is C21H21FN8. The van der Waals surface area contributed by atoms with Crippen molar-refractivity contribution < 1.29 is 4.39 Å². The third kappa shape index (κ3) is 3.11. The van der Waals surface area contributed by atoms with Crippen molar-refractivity contribution in [2.75, 3.05) is 18.4 Å². The third-order valence-corrected chi connectivity index (χ3v) is 5.67. The summed E-state index contributed by atoms with van der Waals surface area (Å²) in [6.07, 6.45) is 7.13. The Morgan fingerprint density at radius 1 is 1.07 bits per heavy atom. The number of rotatable bonds is 5. The molecule has 0 amide bonds. The first-order valence-electron chi connectivity index (χ1n) is 10.2. The molecule has 8 nitrogen and oxygen atoms in total. The number of halogens is 1. The zero-order valence-electron chi connectivity index (χ0n) is 16.2. The molecule has 4 aromatic heterocycles. The van der Waals surface area contributed by atoms with Crippen LogP contribution in [0, 0.1) is 0 Å². The van der Waals surface area contributed by atoms with Gasteiger partial charge >= 0.3 is 0 Å². The number of fused-ring (bicyclic) bond motifs is 1.